The first-order valence-corrected chi connectivity index (χ1v) is 7.72. The summed E-state index contributed by atoms with van der Waals surface area (Å²) in [5, 5.41) is 20.6. The van der Waals surface area contributed by atoms with Crippen LogP contribution in [0.15, 0.2) is 30.3 Å². The molecule has 2 saturated heterocycles. The maximum absolute atomic E-state index is 9.99. The summed E-state index contributed by atoms with van der Waals surface area (Å²) in [7, 11) is 0. The Bertz CT molecular complexity index is 659. The van der Waals surface area contributed by atoms with Crippen LogP contribution in [-0.4, -0.2) is 33.4 Å². The number of hydrogen-bond donors (Lipinski definition) is 2. The Morgan fingerprint density at radius 3 is 2.57 bits per heavy atom. The molecule has 4 heteroatoms. The second kappa shape index (κ2) is 4.97. The van der Waals surface area contributed by atoms with Gasteiger partial charge in [-0.15, -0.1) is 0 Å². The minimum absolute atomic E-state index is 0.0381. The zero-order chi connectivity index (χ0) is 14.4. The van der Waals surface area contributed by atoms with Crippen molar-refractivity contribution in [2.75, 3.05) is 4.90 Å². The van der Waals surface area contributed by atoms with Gasteiger partial charge >= 0.3 is 0 Å². The molecule has 2 unspecified atom stereocenters. The van der Waals surface area contributed by atoms with E-state index < -0.39 is 0 Å². The molecule has 2 bridgehead atoms. The van der Waals surface area contributed by atoms with Crippen molar-refractivity contribution in [3.05, 3.63) is 36.0 Å². The van der Waals surface area contributed by atoms with Crippen LogP contribution in [0.25, 0.3) is 10.9 Å². The Hall–Kier alpha value is -1.65. The molecule has 2 aliphatic heterocycles. The van der Waals surface area contributed by atoms with Gasteiger partial charge in [0.25, 0.3) is 0 Å². The normalized spacial score (nSPS) is 28.3. The van der Waals surface area contributed by atoms with Crippen molar-refractivity contribution >= 4 is 16.6 Å². The first-order chi connectivity index (χ1) is 10.3. The highest BCUT2D eigenvalue weighted by Gasteiger charge is 2.40. The van der Waals surface area contributed by atoms with Crippen molar-refractivity contribution in [2.45, 2.75) is 50.5 Å². The fourth-order valence-corrected chi connectivity index (χ4v) is 4.05. The van der Waals surface area contributed by atoms with Gasteiger partial charge < -0.3 is 15.1 Å². The highest BCUT2D eigenvalue weighted by molar-refractivity contribution is 5.92. The third kappa shape index (κ3) is 2.10. The second-order valence-corrected chi connectivity index (χ2v) is 6.23. The summed E-state index contributed by atoms with van der Waals surface area (Å²) >= 11 is 0. The van der Waals surface area contributed by atoms with Gasteiger partial charge in [-0.05, 0) is 37.8 Å². The zero-order valence-electron chi connectivity index (χ0n) is 11.9. The molecular formula is C17H20N2O2. The molecule has 110 valence electrons. The average molecular weight is 284 g/mol. The quantitative estimate of drug-likeness (QED) is 0.888. The van der Waals surface area contributed by atoms with Crippen molar-refractivity contribution < 1.29 is 10.2 Å². The predicted octanol–water partition coefficient (Wildman–Crippen LogP) is 2.22. The fraction of sp³-hybridized carbons (Fsp3) is 0.471. The van der Waals surface area contributed by atoms with Crippen molar-refractivity contribution in [2.24, 2.45) is 0 Å². The van der Waals surface area contributed by atoms with Gasteiger partial charge in [-0.3, -0.25) is 4.98 Å². The minimum Gasteiger partial charge on any atom is -0.393 e. The van der Waals surface area contributed by atoms with Crippen molar-refractivity contribution in [3.63, 3.8) is 0 Å². The molecule has 0 saturated carbocycles. The Balaban J connectivity index is 1.86. The Kier molecular flexibility index (Phi) is 3.08. The lowest BCUT2D eigenvalue weighted by molar-refractivity contribution is 0.126. The van der Waals surface area contributed by atoms with E-state index in [1.54, 1.807) is 0 Å². The monoisotopic (exact) mass is 284 g/mol. The van der Waals surface area contributed by atoms with Crippen LogP contribution in [0.3, 0.4) is 0 Å². The Labute approximate surface area is 124 Å². The number of fused-ring (bicyclic) bond motifs is 3. The molecule has 1 aromatic carbocycles. The summed E-state index contributed by atoms with van der Waals surface area (Å²) in [5.41, 5.74) is 2.82. The molecule has 21 heavy (non-hydrogen) atoms. The van der Waals surface area contributed by atoms with Gasteiger partial charge in [0.2, 0.25) is 0 Å². The molecule has 0 amide bonds. The molecule has 2 aliphatic rings. The standard InChI is InChI=1S/C17H20N2O2/c20-10-11-7-17(15-3-1-2-4-16(15)18-11)19-12-5-6-13(19)9-14(21)8-12/h1-4,7,12-14,20-21H,5-6,8-10H2. The van der Waals surface area contributed by atoms with E-state index in [1.165, 1.54) is 5.69 Å². The predicted molar refractivity (Wildman–Crippen MR) is 82.2 cm³/mol. The third-order valence-corrected chi connectivity index (χ3v) is 4.90. The molecule has 0 spiro atoms. The molecule has 1 aromatic heterocycles. The lowest BCUT2D eigenvalue weighted by Gasteiger charge is -2.39. The molecule has 2 N–H and O–H groups in total. The fourth-order valence-electron chi connectivity index (χ4n) is 4.05. The van der Waals surface area contributed by atoms with Crippen LogP contribution >= 0.6 is 0 Å². The molecule has 0 radical (unpaired) electrons. The van der Waals surface area contributed by atoms with Gasteiger partial charge in [-0.25, -0.2) is 0 Å². The number of rotatable bonds is 2. The van der Waals surface area contributed by atoms with Gasteiger partial charge in [0.05, 0.1) is 23.9 Å². The van der Waals surface area contributed by atoms with Crippen molar-refractivity contribution in [3.8, 4) is 0 Å². The van der Waals surface area contributed by atoms with Gasteiger partial charge in [0, 0.05) is 23.2 Å². The highest BCUT2D eigenvalue weighted by atomic mass is 16.3. The topological polar surface area (TPSA) is 56.6 Å². The zero-order valence-corrected chi connectivity index (χ0v) is 11.9. The molecule has 4 rings (SSSR count). The van der Waals surface area contributed by atoms with E-state index in [0.717, 1.165) is 36.6 Å². The van der Waals surface area contributed by atoms with E-state index in [9.17, 15) is 10.2 Å². The van der Waals surface area contributed by atoms with Gasteiger partial charge in [0.1, 0.15) is 0 Å². The van der Waals surface area contributed by atoms with Crippen LogP contribution < -0.4 is 4.90 Å². The third-order valence-electron chi connectivity index (χ3n) is 4.90. The molecular weight excluding hydrogens is 264 g/mol. The van der Waals surface area contributed by atoms with E-state index in [2.05, 4.69) is 16.0 Å². The highest BCUT2D eigenvalue weighted by Crippen LogP contribution is 2.41. The number of benzene rings is 1. The lowest BCUT2D eigenvalue weighted by atomic mass is 9.98. The number of piperidine rings is 1. The van der Waals surface area contributed by atoms with Gasteiger partial charge in [0.15, 0.2) is 0 Å². The van der Waals surface area contributed by atoms with Crippen LogP contribution in [0.2, 0.25) is 0 Å². The summed E-state index contributed by atoms with van der Waals surface area (Å²) in [5.74, 6) is 0. The van der Waals surface area contributed by atoms with Crippen LogP contribution in [0.4, 0.5) is 5.69 Å². The van der Waals surface area contributed by atoms with Crippen molar-refractivity contribution in [1.82, 2.24) is 4.98 Å². The number of aliphatic hydroxyl groups excluding tert-OH is 2. The molecule has 2 aromatic rings. The van der Waals surface area contributed by atoms with Crippen LogP contribution in [0.1, 0.15) is 31.4 Å². The van der Waals surface area contributed by atoms with Gasteiger partial charge in [-0.1, -0.05) is 18.2 Å². The summed E-state index contributed by atoms with van der Waals surface area (Å²) in [4.78, 5) is 6.98. The van der Waals surface area contributed by atoms with E-state index in [1.807, 2.05) is 24.3 Å². The first kappa shape index (κ1) is 13.0. The number of pyridine rings is 1. The number of aliphatic hydroxyl groups is 2. The summed E-state index contributed by atoms with van der Waals surface area (Å²) in [6, 6.07) is 11.0. The molecule has 2 atom stereocenters. The average Bonchev–Trinajstić information content (AvgIpc) is 2.77. The molecule has 4 nitrogen and oxygen atoms in total. The maximum Gasteiger partial charge on any atom is 0.0854 e. The summed E-state index contributed by atoms with van der Waals surface area (Å²) in [6.45, 7) is -0.0381. The van der Waals surface area contributed by atoms with Crippen LogP contribution in [0.5, 0.6) is 0 Å². The number of anilines is 1. The van der Waals surface area contributed by atoms with E-state index in [-0.39, 0.29) is 12.7 Å². The number of aromatic nitrogens is 1. The van der Waals surface area contributed by atoms with E-state index in [4.69, 9.17) is 0 Å². The van der Waals surface area contributed by atoms with E-state index in [0.29, 0.717) is 17.8 Å². The Morgan fingerprint density at radius 1 is 1.14 bits per heavy atom. The molecule has 3 heterocycles. The lowest BCUT2D eigenvalue weighted by Crippen LogP contribution is -2.45. The second-order valence-electron chi connectivity index (χ2n) is 6.23. The van der Waals surface area contributed by atoms with Crippen molar-refractivity contribution in [1.29, 1.82) is 0 Å². The van der Waals surface area contributed by atoms with Gasteiger partial charge in [-0.2, -0.15) is 0 Å². The smallest absolute Gasteiger partial charge is 0.0854 e. The minimum atomic E-state index is -0.163. The largest absolute Gasteiger partial charge is 0.393 e. The number of hydrogen-bond acceptors (Lipinski definition) is 4. The van der Waals surface area contributed by atoms with Crippen LogP contribution in [0, 0.1) is 0 Å². The number of nitrogens with zero attached hydrogens (tertiary/aromatic N) is 2. The summed E-state index contributed by atoms with van der Waals surface area (Å²) in [6.07, 6.45) is 3.83. The Morgan fingerprint density at radius 2 is 1.86 bits per heavy atom. The van der Waals surface area contributed by atoms with Crippen LogP contribution in [-0.2, 0) is 6.61 Å². The first-order valence-electron chi connectivity index (χ1n) is 7.72. The maximum atomic E-state index is 9.99. The van der Waals surface area contributed by atoms with E-state index >= 15 is 0 Å². The number of para-hydroxylation sites is 1. The SMILES string of the molecule is OCc1cc(N2C3CCC2CC(O)C3)c2ccccc2n1. The molecule has 0 aliphatic carbocycles. The molecule has 2 fully saturated rings. The summed E-state index contributed by atoms with van der Waals surface area (Å²) < 4.78 is 0.